The second-order valence-electron chi connectivity index (χ2n) is 10.6. The molecule has 0 aromatic rings. The van der Waals surface area contributed by atoms with Gasteiger partial charge in [0.15, 0.2) is 17.4 Å². The van der Waals surface area contributed by atoms with Crippen molar-refractivity contribution < 1.29 is 34.0 Å². The van der Waals surface area contributed by atoms with Crippen molar-refractivity contribution in [2.45, 2.75) is 67.5 Å². The topological polar surface area (TPSA) is 113 Å². The van der Waals surface area contributed by atoms with Crippen LogP contribution < -0.4 is 5.32 Å². The van der Waals surface area contributed by atoms with E-state index in [9.17, 15) is 4.79 Å². The summed E-state index contributed by atoms with van der Waals surface area (Å²) in [6, 6.07) is 0.304. The summed E-state index contributed by atoms with van der Waals surface area (Å²) >= 11 is 17.1. The Balaban J connectivity index is 0.000000181. The van der Waals surface area contributed by atoms with Crippen molar-refractivity contribution in [3.8, 4) is 0 Å². The van der Waals surface area contributed by atoms with Gasteiger partial charge in [0.1, 0.15) is 13.2 Å². The molecule has 0 spiro atoms. The molecule has 3 N–H and O–H groups in total. The molecule has 218 valence electrons. The molecule has 5 heterocycles. The van der Waals surface area contributed by atoms with Crippen LogP contribution in [0.15, 0.2) is 0 Å². The Morgan fingerprint density at radius 1 is 0.838 bits per heavy atom. The number of alkyl halides is 3. The maximum absolute atomic E-state index is 10.5. The lowest BCUT2D eigenvalue weighted by atomic mass is 10.1. The standard InChI is InChI=1S/C9H16ClNO2.C6H12ClNO2.C6H10O3.C3H6ClN/c1-9(2)12-5-8(6-13-9)11-3-7(10)4-11;7-5-1-8(2-5)6(3-9)4-10;1-6(2)8-3-5(7)4-9-6;4-3-1-5-2-3/h7-8H,3-6H2,1-2H3;5-6,9-10H,1-4H2;3-4H2,1-2H3;3,5H,1-2H2. The molecule has 5 fully saturated rings. The summed E-state index contributed by atoms with van der Waals surface area (Å²) in [6.07, 6.45) is 0. The molecule has 0 amide bonds. The Morgan fingerprint density at radius 3 is 1.59 bits per heavy atom. The number of aliphatic hydroxyl groups excluding tert-OH is 2. The number of carbonyl (C=O) groups is 1. The molecular formula is C24H44Cl3N3O7. The third-order valence-corrected chi connectivity index (χ3v) is 7.19. The Morgan fingerprint density at radius 2 is 1.27 bits per heavy atom. The number of aliphatic hydroxyl groups is 2. The van der Waals surface area contributed by atoms with Gasteiger partial charge in [-0.05, 0) is 27.7 Å². The van der Waals surface area contributed by atoms with Gasteiger partial charge in [-0.3, -0.25) is 14.6 Å². The molecule has 0 aromatic heterocycles. The SMILES string of the molecule is CC1(C)OCC(=O)CO1.CC1(C)OCC(N2CC(Cl)C2)CO1.ClC1CNC1.OCC(CO)N1CC(Cl)C1. The fraction of sp³-hybridized carbons (Fsp3) is 0.958. The summed E-state index contributed by atoms with van der Waals surface area (Å²) in [5.41, 5.74) is 0. The number of likely N-dealkylation sites (tertiary alicyclic amines) is 2. The minimum atomic E-state index is -0.562. The van der Waals surface area contributed by atoms with Crippen LogP contribution in [0.4, 0.5) is 0 Å². The first-order valence-electron chi connectivity index (χ1n) is 12.7. The quantitative estimate of drug-likeness (QED) is 0.406. The average molecular weight is 593 g/mol. The maximum Gasteiger partial charge on any atom is 0.184 e. The molecule has 5 saturated heterocycles. The van der Waals surface area contributed by atoms with E-state index >= 15 is 0 Å². The Labute approximate surface area is 235 Å². The van der Waals surface area contributed by atoms with E-state index in [0.29, 0.717) is 16.8 Å². The lowest BCUT2D eigenvalue weighted by molar-refractivity contribution is -0.266. The zero-order valence-corrected chi connectivity index (χ0v) is 24.6. The van der Waals surface area contributed by atoms with Crippen LogP contribution in [0, 0.1) is 0 Å². The first kappa shape index (κ1) is 33.4. The average Bonchev–Trinajstić information content (AvgIpc) is 2.79. The number of Topliss-reactive ketones (excluding diaryl/α,β-unsaturated/α-hetero) is 1. The second kappa shape index (κ2) is 15.8. The van der Waals surface area contributed by atoms with Crippen LogP contribution >= 0.6 is 34.8 Å². The smallest absolute Gasteiger partial charge is 0.184 e. The minimum absolute atomic E-state index is 0.00863. The number of ether oxygens (including phenoxy) is 4. The summed E-state index contributed by atoms with van der Waals surface area (Å²) in [7, 11) is 0. The lowest BCUT2D eigenvalue weighted by Gasteiger charge is -2.45. The summed E-state index contributed by atoms with van der Waals surface area (Å²) < 4.78 is 21.1. The molecule has 0 radical (unpaired) electrons. The Hall–Kier alpha value is 0.180. The van der Waals surface area contributed by atoms with Gasteiger partial charge in [0.25, 0.3) is 0 Å². The predicted molar refractivity (Wildman–Crippen MR) is 144 cm³/mol. The Bertz CT molecular complexity index is 650. The lowest BCUT2D eigenvalue weighted by Crippen LogP contribution is -2.59. The minimum Gasteiger partial charge on any atom is -0.395 e. The molecule has 13 heteroatoms. The molecular weight excluding hydrogens is 549 g/mol. The first-order chi connectivity index (χ1) is 17.3. The molecule has 0 saturated carbocycles. The number of hydrogen-bond donors (Lipinski definition) is 3. The highest BCUT2D eigenvalue weighted by atomic mass is 35.5. The van der Waals surface area contributed by atoms with Gasteiger partial charge in [-0.15, -0.1) is 34.8 Å². The van der Waals surface area contributed by atoms with Gasteiger partial charge in [-0.1, -0.05) is 0 Å². The van der Waals surface area contributed by atoms with Gasteiger partial charge >= 0.3 is 0 Å². The number of rotatable bonds is 4. The fourth-order valence-electron chi connectivity index (χ4n) is 3.54. The van der Waals surface area contributed by atoms with E-state index in [-0.39, 0.29) is 43.6 Å². The van der Waals surface area contributed by atoms with Gasteiger partial charge in [-0.2, -0.15) is 0 Å². The van der Waals surface area contributed by atoms with Gasteiger partial charge in [-0.25, -0.2) is 0 Å². The predicted octanol–water partition coefficient (Wildman–Crippen LogP) is 0.859. The molecule has 10 nitrogen and oxygen atoms in total. The molecule has 37 heavy (non-hydrogen) atoms. The first-order valence-corrected chi connectivity index (χ1v) is 14.0. The fourth-order valence-corrected chi connectivity index (χ4v) is 4.46. The van der Waals surface area contributed by atoms with Crippen molar-refractivity contribution in [1.82, 2.24) is 15.1 Å². The summed E-state index contributed by atoms with van der Waals surface area (Å²) in [6.45, 7) is 14.9. The molecule has 0 aromatic carbocycles. The van der Waals surface area contributed by atoms with E-state index in [1.165, 1.54) is 0 Å². The highest BCUT2D eigenvalue weighted by Gasteiger charge is 2.36. The Kier molecular flexibility index (Phi) is 14.3. The molecule has 0 atom stereocenters. The summed E-state index contributed by atoms with van der Waals surface area (Å²) in [5, 5.41) is 21.4. The maximum atomic E-state index is 10.5. The van der Waals surface area contributed by atoms with E-state index in [1.54, 1.807) is 13.8 Å². The monoisotopic (exact) mass is 591 g/mol. The zero-order valence-electron chi connectivity index (χ0n) is 22.3. The third-order valence-electron chi connectivity index (χ3n) is 6.32. The van der Waals surface area contributed by atoms with Crippen molar-refractivity contribution in [2.24, 2.45) is 0 Å². The normalized spacial score (nSPS) is 26.8. The van der Waals surface area contributed by atoms with Crippen molar-refractivity contribution in [3.05, 3.63) is 0 Å². The number of nitrogens with one attached hydrogen (secondary N) is 1. The van der Waals surface area contributed by atoms with Crippen LogP contribution in [-0.4, -0.2) is 144 Å². The van der Waals surface area contributed by atoms with Crippen LogP contribution in [0.5, 0.6) is 0 Å². The van der Waals surface area contributed by atoms with E-state index < -0.39 is 11.6 Å². The summed E-state index contributed by atoms with van der Waals surface area (Å²) in [4.78, 5) is 14.8. The molecule has 5 aliphatic heterocycles. The van der Waals surface area contributed by atoms with Gasteiger partial charge in [0.05, 0.1) is 54.6 Å². The van der Waals surface area contributed by atoms with Crippen molar-refractivity contribution >= 4 is 40.6 Å². The van der Waals surface area contributed by atoms with Crippen molar-refractivity contribution in [2.75, 3.05) is 78.9 Å². The molecule has 0 bridgehead atoms. The van der Waals surface area contributed by atoms with Crippen LogP contribution in [0.1, 0.15) is 27.7 Å². The highest BCUT2D eigenvalue weighted by Crippen LogP contribution is 2.24. The summed E-state index contributed by atoms with van der Waals surface area (Å²) in [5.74, 6) is -0.954. The highest BCUT2D eigenvalue weighted by molar-refractivity contribution is 6.22. The van der Waals surface area contributed by atoms with Gasteiger partial charge < -0.3 is 34.5 Å². The van der Waals surface area contributed by atoms with Gasteiger partial charge in [0, 0.05) is 39.3 Å². The number of halogens is 3. The number of carbonyl (C=O) groups excluding carboxylic acids is 1. The number of ketones is 1. The van der Waals surface area contributed by atoms with Crippen molar-refractivity contribution in [1.29, 1.82) is 0 Å². The number of hydrogen-bond acceptors (Lipinski definition) is 10. The second-order valence-corrected chi connectivity index (χ2v) is 12.4. The van der Waals surface area contributed by atoms with Crippen molar-refractivity contribution in [3.63, 3.8) is 0 Å². The zero-order chi connectivity index (χ0) is 27.6. The third kappa shape index (κ3) is 12.5. The van der Waals surface area contributed by atoms with Gasteiger partial charge in [0.2, 0.25) is 0 Å². The molecule has 0 aliphatic carbocycles. The van der Waals surface area contributed by atoms with Crippen LogP contribution in [0.3, 0.4) is 0 Å². The molecule has 5 aliphatic rings. The van der Waals surface area contributed by atoms with Crippen LogP contribution in [-0.2, 0) is 23.7 Å². The largest absolute Gasteiger partial charge is 0.395 e. The van der Waals surface area contributed by atoms with E-state index in [1.807, 2.05) is 18.7 Å². The van der Waals surface area contributed by atoms with E-state index in [4.69, 9.17) is 64.0 Å². The van der Waals surface area contributed by atoms with E-state index in [0.717, 1.165) is 52.5 Å². The molecule has 5 rings (SSSR count). The van der Waals surface area contributed by atoms with Crippen LogP contribution in [0.25, 0.3) is 0 Å². The molecule has 0 unspecified atom stereocenters. The van der Waals surface area contributed by atoms with Crippen LogP contribution in [0.2, 0.25) is 0 Å². The number of nitrogens with zero attached hydrogens (tertiary/aromatic N) is 2. The van der Waals surface area contributed by atoms with E-state index in [2.05, 4.69) is 10.2 Å².